The van der Waals surface area contributed by atoms with Crippen molar-refractivity contribution >= 4 is 65.2 Å². The molecule has 5 heteroatoms. The van der Waals surface area contributed by atoms with E-state index in [1.807, 2.05) is 24.3 Å². The van der Waals surface area contributed by atoms with Crippen LogP contribution in [0.15, 0.2) is 120 Å². The number of furan rings is 1. The molecule has 0 bridgehead atoms. The number of aromatic nitrogens is 2. The Labute approximate surface area is 233 Å². The Bertz CT molecular complexity index is 2200. The summed E-state index contributed by atoms with van der Waals surface area (Å²) < 4.78 is 8.47. The fraction of sp³-hybridized carbons (Fsp3) is 0. The molecule has 5 aromatic carbocycles. The number of hydrogen-bond donors (Lipinski definition) is 0. The van der Waals surface area contributed by atoms with Crippen LogP contribution in [0.5, 0.6) is 0 Å². The maximum atomic E-state index is 6.24. The second-order valence-electron chi connectivity index (χ2n) is 9.57. The van der Waals surface area contributed by atoms with Gasteiger partial charge in [-0.3, -0.25) is 0 Å². The molecule has 0 saturated carbocycles. The lowest BCUT2D eigenvalue weighted by atomic mass is 10.0. The summed E-state index contributed by atoms with van der Waals surface area (Å²) in [7, 11) is 0. The lowest BCUT2D eigenvalue weighted by molar-refractivity contribution is 0.669. The maximum Gasteiger partial charge on any atom is 0.160 e. The summed E-state index contributed by atoms with van der Waals surface area (Å²) in [5.74, 6) is 0.714. The molecule has 0 spiro atoms. The second kappa shape index (κ2) is 8.77. The molecule has 3 aromatic heterocycles. The van der Waals surface area contributed by atoms with Crippen molar-refractivity contribution in [1.29, 1.82) is 0 Å². The number of thiophene rings is 1. The fourth-order valence-electron chi connectivity index (χ4n) is 5.28. The number of nitrogens with zero attached hydrogens (tertiary/aromatic N) is 2. The highest BCUT2D eigenvalue weighted by Gasteiger charge is 2.17. The van der Waals surface area contributed by atoms with E-state index >= 15 is 0 Å². The van der Waals surface area contributed by atoms with Crippen LogP contribution in [0.3, 0.4) is 0 Å². The van der Waals surface area contributed by atoms with Gasteiger partial charge >= 0.3 is 0 Å². The zero-order chi connectivity index (χ0) is 25.9. The van der Waals surface area contributed by atoms with E-state index < -0.39 is 0 Å². The summed E-state index contributed by atoms with van der Waals surface area (Å²) in [5, 5.41) is 3.94. The quantitative estimate of drug-likeness (QED) is 0.224. The molecule has 0 aliphatic rings. The van der Waals surface area contributed by atoms with Crippen molar-refractivity contribution in [1.82, 2.24) is 9.97 Å². The third-order valence-corrected chi connectivity index (χ3v) is 8.56. The lowest BCUT2D eigenvalue weighted by Gasteiger charge is -2.09. The summed E-state index contributed by atoms with van der Waals surface area (Å²) in [6.07, 6.45) is 0. The van der Waals surface area contributed by atoms with Crippen molar-refractivity contribution in [2.24, 2.45) is 0 Å². The van der Waals surface area contributed by atoms with Gasteiger partial charge in [0.15, 0.2) is 5.82 Å². The third-order valence-electron chi connectivity index (χ3n) is 7.15. The average Bonchev–Trinajstić information content (AvgIpc) is 3.55. The van der Waals surface area contributed by atoms with Crippen LogP contribution in [-0.2, 0) is 0 Å². The first kappa shape index (κ1) is 22.5. The Kier molecular flexibility index (Phi) is 5.05. The van der Waals surface area contributed by atoms with Crippen molar-refractivity contribution < 1.29 is 4.42 Å². The average molecular weight is 539 g/mol. The Morgan fingerprint density at radius 1 is 0.564 bits per heavy atom. The smallest absolute Gasteiger partial charge is 0.160 e. The summed E-state index contributed by atoms with van der Waals surface area (Å²) in [5.41, 5.74) is 7.83. The number of halogens is 1. The molecular formula is C34H19ClN2OS. The van der Waals surface area contributed by atoms with E-state index in [0.29, 0.717) is 10.8 Å². The van der Waals surface area contributed by atoms with E-state index in [1.54, 1.807) is 11.3 Å². The molecule has 0 saturated heterocycles. The van der Waals surface area contributed by atoms with E-state index in [-0.39, 0.29) is 0 Å². The minimum Gasteiger partial charge on any atom is -0.456 e. The molecule has 0 N–H and O–H groups in total. The number of rotatable bonds is 3. The molecule has 0 aliphatic heterocycles. The van der Waals surface area contributed by atoms with Gasteiger partial charge in [-0.25, -0.2) is 9.97 Å². The SMILES string of the molecule is Clc1ccc2oc3cc(-c4cccc(-c5nc(-c6ccccc6)c6sc7ccccc7c6n5)c4)ccc3c2c1. The monoisotopic (exact) mass is 538 g/mol. The first-order chi connectivity index (χ1) is 19.2. The van der Waals surface area contributed by atoms with Gasteiger partial charge in [0.2, 0.25) is 0 Å². The van der Waals surface area contributed by atoms with E-state index in [1.165, 1.54) is 4.70 Å². The van der Waals surface area contributed by atoms with Gasteiger partial charge in [-0.15, -0.1) is 11.3 Å². The van der Waals surface area contributed by atoms with Gasteiger partial charge in [0.1, 0.15) is 11.2 Å². The van der Waals surface area contributed by atoms with Crippen LogP contribution in [0.1, 0.15) is 0 Å². The molecule has 0 atom stereocenters. The molecule has 184 valence electrons. The van der Waals surface area contributed by atoms with Crippen molar-refractivity contribution in [3.05, 3.63) is 120 Å². The zero-order valence-corrected chi connectivity index (χ0v) is 22.1. The van der Waals surface area contributed by atoms with E-state index in [9.17, 15) is 0 Å². The molecular weight excluding hydrogens is 520 g/mol. The summed E-state index contributed by atoms with van der Waals surface area (Å²) in [4.78, 5) is 10.2. The van der Waals surface area contributed by atoms with Gasteiger partial charge in [0.25, 0.3) is 0 Å². The Hall–Kier alpha value is -4.51. The molecule has 0 amide bonds. The molecule has 0 radical (unpaired) electrons. The Morgan fingerprint density at radius 3 is 2.28 bits per heavy atom. The summed E-state index contributed by atoms with van der Waals surface area (Å²) in [6, 6.07) is 39.3. The molecule has 8 rings (SSSR count). The van der Waals surface area contributed by atoms with Crippen LogP contribution >= 0.6 is 22.9 Å². The molecule has 0 unspecified atom stereocenters. The van der Waals surface area contributed by atoms with Crippen molar-refractivity contribution in [2.45, 2.75) is 0 Å². The Balaban J connectivity index is 1.30. The summed E-state index contributed by atoms with van der Waals surface area (Å²) in [6.45, 7) is 0. The van der Waals surface area contributed by atoms with Crippen LogP contribution in [0.25, 0.3) is 76.0 Å². The highest BCUT2D eigenvalue weighted by atomic mass is 35.5. The molecule has 3 heterocycles. The minimum absolute atomic E-state index is 0.701. The summed E-state index contributed by atoms with van der Waals surface area (Å²) >= 11 is 7.98. The second-order valence-corrected chi connectivity index (χ2v) is 11.1. The van der Waals surface area contributed by atoms with Gasteiger partial charge < -0.3 is 4.42 Å². The minimum atomic E-state index is 0.701. The van der Waals surface area contributed by atoms with Gasteiger partial charge in [-0.1, -0.05) is 84.4 Å². The molecule has 0 aliphatic carbocycles. The van der Waals surface area contributed by atoms with Crippen LogP contribution in [-0.4, -0.2) is 9.97 Å². The largest absolute Gasteiger partial charge is 0.456 e. The standard InChI is InChI=1S/C34H19ClN2OS/c35-24-14-16-28-27(19-24)25-15-13-22(18-29(25)38-28)21-9-6-10-23(17-21)34-36-31(20-7-2-1-3-8-20)33-32(37-34)26-11-4-5-12-30(26)39-33/h1-19H. The van der Waals surface area contributed by atoms with Crippen molar-refractivity contribution in [3.8, 4) is 33.8 Å². The zero-order valence-electron chi connectivity index (χ0n) is 20.6. The molecule has 8 aromatic rings. The van der Waals surface area contributed by atoms with Crippen molar-refractivity contribution in [3.63, 3.8) is 0 Å². The molecule has 39 heavy (non-hydrogen) atoms. The van der Waals surface area contributed by atoms with Crippen LogP contribution < -0.4 is 0 Å². The van der Waals surface area contributed by atoms with Crippen LogP contribution in [0.2, 0.25) is 5.02 Å². The van der Waals surface area contributed by atoms with Crippen LogP contribution in [0.4, 0.5) is 0 Å². The van der Waals surface area contributed by atoms with E-state index in [4.69, 9.17) is 26.0 Å². The van der Waals surface area contributed by atoms with Gasteiger partial charge in [0, 0.05) is 37.0 Å². The lowest BCUT2D eigenvalue weighted by Crippen LogP contribution is -1.93. The number of benzene rings is 5. The maximum absolute atomic E-state index is 6.24. The number of hydrogen-bond acceptors (Lipinski definition) is 4. The van der Waals surface area contributed by atoms with Crippen LogP contribution in [0, 0.1) is 0 Å². The Morgan fingerprint density at radius 2 is 1.36 bits per heavy atom. The first-order valence-electron chi connectivity index (χ1n) is 12.7. The molecule has 0 fully saturated rings. The topological polar surface area (TPSA) is 38.9 Å². The van der Waals surface area contributed by atoms with E-state index in [0.717, 1.165) is 65.5 Å². The normalized spacial score (nSPS) is 11.7. The molecule has 3 nitrogen and oxygen atoms in total. The first-order valence-corrected chi connectivity index (χ1v) is 13.9. The van der Waals surface area contributed by atoms with Gasteiger partial charge in [0.05, 0.1) is 15.9 Å². The highest BCUT2D eigenvalue weighted by molar-refractivity contribution is 7.26. The predicted octanol–water partition coefficient (Wildman–Crippen LogP) is 10.4. The van der Waals surface area contributed by atoms with E-state index in [2.05, 4.69) is 91.0 Å². The number of fused-ring (bicyclic) bond motifs is 6. The highest BCUT2D eigenvalue weighted by Crippen LogP contribution is 2.40. The van der Waals surface area contributed by atoms with Gasteiger partial charge in [-0.05, 0) is 53.6 Å². The fourth-order valence-corrected chi connectivity index (χ4v) is 6.60. The predicted molar refractivity (Wildman–Crippen MR) is 164 cm³/mol. The third kappa shape index (κ3) is 3.72. The van der Waals surface area contributed by atoms with Gasteiger partial charge in [-0.2, -0.15) is 0 Å². The van der Waals surface area contributed by atoms with Crippen molar-refractivity contribution in [2.75, 3.05) is 0 Å².